The summed E-state index contributed by atoms with van der Waals surface area (Å²) in [5.74, 6) is -4.03. The lowest BCUT2D eigenvalue weighted by molar-refractivity contribution is -0.153. The minimum atomic E-state index is -1.97. The number of carbonyl (C=O) groups excluding carboxylic acids is 1. The highest BCUT2D eigenvalue weighted by Gasteiger charge is 2.27. The first kappa shape index (κ1) is 13.9. The number of halogens is 1. The van der Waals surface area contributed by atoms with Gasteiger partial charge in [0.1, 0.15) is 0 Å². The third-order valence-corrected chi connectivity index (χ3v) is 2.15. The van der Waals surface area contributed by atoms with E-state index < -0.39 is 23.9 Å². The monoisotopic (exact) mass is 272 g/mol. The van der Waals surface area contributed by atoms with Crippen molar-refractivity contribution in [2.75, 3.05) is 0 Å². The molecule has 1 aromatic heterocycles. The van der Waals surface area contributed by atoms with E-state index in [4.69, 9.17) is 21.8 Å². The Hall–Kier alpha value is -2.15. The number of hydrogen-bond donors (Lipinski definition) is 3. The van der Waals surface area contributed by atoms with E-state index in [0.717, 1.165) is 0 Å². The second-order valence-electron chi connectivity index (χ2n) is 3.32. The van der Waals surface area contributed by atoms with Crippen LogP contribution in [-0.4, -0.2) is 39.1 Å². The van der Waals surface area contributed by atoms with E-state index in [-0.39, 0.29) is 6.42 Å². The minimum Gasteiger partial charge on any atom is -0.479 e. The largest absolute Gasteiger partial charge is 0.479 e. The first-order valence-corrected chi connectivity index (χ1v) is 5.13. The van der Waals surface area contributed by atoms with E-state index in [1.807, 2.05) is 5.32 Å². The lowest BCUT2D eigenvalue weighted by Gasteiger charge is -2.09. The Balaban J connectivity index is 2.63. The lowest BCUT2D eigenvalue weighted by atomic mass is 10.2. The summed E-state index contributed by atoms with van der Waals surface area (Å²) in [5.41, 5.74) is 0.353. The van der Waals surface area contributed by atoms with E-state index in [1.54, 1.807) is 0 Å². The first-order valence-electron chi connectivity index (χ1n) is 4.75. The van der Waals surface area contributed by atoms with Crippen LogP contribution in [0.15, 0.2) is 18.3 Å². The van der Waals surface area contributed by atoms with Gasteiger partial charge in [-0.25, -0.2) is 9.59 Å². The van der Waals surface area contributed by atoms with Crippen LogP contribution in [0, 0.1) is 0 Å². The number of aliphatic carboxylic acids is 2. The van der Waals surface area contributed by atoms with Gasteiger partial charge in [-0.2, -0.15) is 0 Å². The van der Waals surface area contributed by atoms with Crippen LogP contribution in [-0.2, 0) is 20.8 Å². The summed E-state index contributed by atoms with van der Waals surface area (Å²) < 4.78 is 0. The Bertz CT molecular complexity index is 460. The topological polar surface area (TPSA) is 117 Å². The van der Waals surface area contributed by atoms with Crippen LogP contribution in [0.2, 0.25) is 5.02 Å². The number of amides is 1. The van der Waals surface area contributed by atoms with Crippen molar-refractivity contribution < 1.29 is 24.6 Å². The zero-order valence-electron chi connectivity index (χ0n) is 8.96. The predicted octanol–water partition coefficient (Wildman–Crippen LogP) is -0.0685. The van der Waals surface area contributed by atoms with Gasteiger partial charge in [-0.15, -0.1) is 0 Å². The van der Waals surface area contributed by atoms with E-state index in [2.05, 4.69) is 4.98 Å². The smallest absolute Gasteiger partial charge is 0.338 e. The molecule has 0 bridgehead atoms. The van der Waals surface area contributed by atoms with E-state index in [9.17, 15) is 14.4 Å². The summed E-state index contributed by atoms with van der Waals surface area (Å²) in [5, 5.41) is 19.4. The summed E-state index contributed by atoms with van der Waals surface area (Å²) in [6.07, 6.45) is 1.10. The molecule has 0 atom stereocenters. The molecule has 96 valence electrons. The van der Waals surface area contributed by atoms with Crippen molar-refractivity contribution in [3.05, 3.63) is 29.0 Å². The maximum atomic E-state index is 11.4. The molecule has 1 heterocycles. The SMILES string of the molecule is O=C(Cc1ccc(Cl)cn1)NC(C(=O)O)C(=O)O. The van der Waals surface area contributed by atoms with Crippen LogP contribution in [0.3, 0.4) is 0 Å². The Kier molecular flexibility index (Phi) is 4.61. The van der Waals surface area contributed by atoms with Gasteiger partial charge in [-0.05, 0) is 12.1 Å². The van der Waals surface area contributed by atoms with Crippen LogP contribution in [0.25, 0.3) is 0 Å². The van der Waals surface area contributed by atoms with Crippen molar-refractivity contribution in [3.63, 3.8) is 0 Å². The Morgan fingerprint density at radius 2 is 1.89 bits per heavy atom. The molecule has 8 heteroatoms. The standard InChI is InChI=1S/C10H9ClN2O5/c11-5-1-2-6(12-4-5)3-7(14)13-8(9(15)16)10(17)18/h1-2,4,8H,3H2,(H,13,14)(H,15,16)(H,17,18). The first-order chi connectivity index (χ1) is 8.40. The van der Waals surface area contributed by atoms with Crippen molar-refractivity contribution in [1.82, 2.24) is 10.3 Å². The van der Waals surface area contributed by atoms with Crippen LogP contribution < -0.4 is 5.32 Å². The highest BCUT2D eigenvalue weighted by Crippen LogP contribution is 2.06. The zero-order chi connectivity index (χ0) is 13.7. The molecule has 1 amide bonds. The Morgan fingerprint density at radius 3 is 2.33 bits per heavy atom. The van der Waals surface area contributed by atoms with E-state index in [0.29, 0.717) is 10.7 Å². The van der Waals surface area contributed by atoms with Crippen molar-refractivity contribution in [3.8, 4) is 0 Å². The highest BCUT2D eigenvalue weighted by atomic mass is 35.5. The molecule has 0 radical (unpaired) electrons. The number of hydrogen-bond acceptors (Lipinski definition) is 4. The fourth-order valence-electron chi connectivity index (χ4n) is 1.12. The molecule has 0 unspecified atom stereocenters. The molecule has 18 heavy (non-hydrogen) atoms. The molecule has 1 rings (SSSR count). The third kappa shape index (κ3) is 4.02. The lowest BCUT2D eigenvalue weighted by Crippen LogP contribution is -2.47. The van der Waals surface area contributed by atoms with Gasteiger partial charge in [0.15, 0.2) is 0 Å². The number of aromatic nitrogens is 1. The average Bonchev–Trinajstić information content (AvgIpc) is 2.28. The summed E-state index contributed by atoms with van der Waals surface area (Å²) in [7, 11) is 0. The number of pyridine rings is 1. The maximum Gasteiger partial charge on any atom is 0.338 e. The Labute approximate surface area is 106 Å². The Morgan fingerprint density at radius 1 is 1.28 bits per heavy atom. The summed E-state index contributed by atoms with van der Waals surface area (Å²) >= 11 is 5.60. The van der Waals surface area contributed by atoms with Crippen LogP contribution in [0.1, 0.15) is 5.69 Å². The number of carboxylic acid groups (broad SMARTS) is 2. The molecule has 0 spiro atoms. The van der Waals surface area contributed by atoms with Gasteiger partial charge < -0.3 is 15.5 Å². The van der Waals surface area contributed by atoms with E-state index >= 15 is 0 Å². The molecule has 0 saturated carbocycles. The van der Waals surface area contributed by atoms with Crippen LogP contribution in [0.4, 0.5) is 0 Å². The summed E-state index contributed by atoms with van der Waals surface area (Å²) in [4.78, 5) is 36.3. The maximum absolute atomic E-state index is 11.4. The van der Waals surface area contributed by atoms with Gasteiger partial charge in [0.05, 0.1) is 11.4 Å². The summed E-state index contributed by atoms with van der Waals surface area (Å²) in [6.45, 7) is 0. The molecule has 3 N–H and O–H groups in total. The van der Waals surface area contributed by atoms with Gasteiger partial charge in [-0.3, -0.25) is 9.78 Å². The average molecular weight is 273 g/mol. The van der Waals surface area contributed by atoms with Crippen LogP contribution in [0.5, 0.6) is 0 Å². The molecule has 0 aliphatic heterocycles. The molecule has 7 nitrogen and oxygen atoms in total. The molecule has 0 saturated heterocycles. The fourth-order valence-corrected chi connectivity index (χ4v) is 1.23. The molecule has 1 aromatic rings. The molecule has 0 fully saturated rings. The van der Waals surface area contributed by atoms with Gasteiger partial charge >= 0.3 is 11.9 Å². The van der Waals surface area contributed by atoms with Gasteiger partial charge in [0, 0.05) is 11.9 Å². The molecular weight excluding hydrogens is 264 g/mol. The number of rotatable bonds is 5. The van der Waals surface area contributed by atoms with Gasteiger partial charge in [0.2, 0.25) is 11.9 Å². The number of nitrogens with zero attached hydrogens (tertiary/aromatic N) is 1. The molecule has 0 aromatic carbocycles. The number of carbonyl (C=O) groups is 3. The normalized spacial score (nSPS) is 10.1. The van der Waals surface area contributed by atoms with Gasteiger partial charge in [0.25, 0.3) is 0 Å². The van der Waals surface area contributed by atoms with Crippen LogP contribution >= 0.6 is 11.6 Å². The predicted molar refractivity (Wildman–Crippen MR) is 60.2 cm³/mol. The van der Waals surface area contributed by atoms with Crippen molar-refractivity contribution in [2.24, 2.45) is 0 Å². The highest BCUT2D eigenvalue weighted by molar-refractivity contribution is 6.30. The third-order valence-electron chi connectivity index (χ3n) is 1.93. The quantitative estimate of drug-likeness (QED) is 0.646. The van der Waals surface area contributed by atoms with Crippen molar-refractivity contribution in [2.45, 2.75) is 12.5 Å². The fraction of sp³-hybridized carbons (Fsp3) is 0.200. The van der Waals surface area contributed by atoms with Crippen molar-refractivity contribution in [1.29, 1.82) is 0 Å². The zero-order valence-corrected chi connectivity index (χ0v) is 9.72. The second kappa shape index (κ2) is 5.97. The summed E-state index contributed by atoms with van der Waals surface area (Å²) in [6, 6.07) is 1.03. The second-order valence-corrected chi connectivity index (χ2v) is 3.76. The number of nitrogens with one attached hydrogen (secondary N) is 1. The van der Waals surface area contributed by atoms with Gasteiger partial charge in [-0.1, -0.05) is 11.6 Å². The number of carboxylic acids is 2. The van der Waals surface area contributed by atoms with E-state index in [1.165, 1.54) is 18.3 Å². The molecular formula is C10H9ClN2O5. The minimum absolute atomic E-state index is 0.228. The molecule has 0 aliphatic rings. The molecule has 0 aliphatic carbocycles. The van der Waals surface area contributed by atoms with Crippen molar-refractivity contribution >= 4 is 29.4 Å².